The zero-order chi connectivity index (χ0) is 20.9. The lowest BCUT2D eigenvalue weighted by molar-refractivity contribution is -0.113. The van der Waals surface area contributed by atoms with E-state index in [1.165, 1.54) is 23.1 Å². The summed E-state index contributed by atoms with van der Waals surface area (Å²) < 4.78 is 1.92. The minimum Gasteiger partial charge on any atom is -0.366 e. The van der Waals surface area contributed by atoms with E-state index in [-0.39, 0.29) is 11.7 Å². The molecule has 0 atom stereocenters. The van der Waals surface area contributed by atoms with Crippen LogP contribution in [0.4, 0.5) is 5.00 Å². The van der Waals surface area contributed by atoms with Crippen molar-refractivity contribution in [3.05, 3.63) is 77.7 Å². The molecule has 0 saturated carbocycles. The fourth-order valence-electron chi connectivity index (χ4n) is 2.84. The van der Waals surface area contributed by atoms with Crippen molar-refractivity contribution >= 4 is 39.9 Å². The monoisotopic (exact) mass is 435 g/mol. The molecule has 0 aliphatic carbocycles. The number of carbonyl (C=O) groups excluding carboxylic acids is 2. The first kappa shape index (κ1) is 19.9. The summed E-state index contributed by atoms with van der Waals surface area (Å²) in [6.07, 6.45) is 0. The van der Waals surface area contributed by atoms with Gasteiger partial charge in [-0.15, -0.1) is 21.5 Å². The number of anilines is 1. The van der Waals surface area contributed by atoms with Crippen LogP contribution in [-0.4, -0.2) is 32.3 Å². The maximum atomic E-state index is 12.4. The number of nitrogens with two attached hydrogens (primary N) is 1. The number of aromatic nitrogens is 3. The first-order valence-electron chi connectivity index (χ1n) is 8.99. The number of hydrogen-bond acceptors (Lipinski definition) is 6. The number of nitrogens with one attached hydrogen (secondary N) is 1. The molecule has 0 unspecified atom stereocenters. The van der Waals surface area contributed by atoms with Crippen molar-refractivity contribution < 1.29 is 9.59 Å². The molecular weight excluding hydrogens is 418 g/mol. The molecule has 0 aliphatic heterocycles. The van der Waals surface area contributed by atoms with Gasteiger partial charge in [0, 0.05) is 11.3 Å². The molecule has 0 spiro atoms. The first-order valence-corrected chi connectivity index (χ1v) is 10.9. The Bertz CT molecular complexity index is 1170. The van der Waals surface area contributed by atoms with Gasteiger partial charge in [0.2, 0.25) is 5.91 Å². The van der Waals surface area contributed by atoms with E-state index in [0.717, 1.165) is 11.3 Å². The summed E-state index contributed by atoms with van der Waals surface area (Å²) in [7, 11) is 0. The van der Waals surface area contributed by atoms with Crippen LogP contribution in [0, 0.1) is 0 Å². The minimum absolute atomic E-state index is 0.107. The molecule has 0 fully saturated rings. The van der Waals surface area contributed by atoms with Crippen LogP contribution in [0.15, 0.2) is 77.3 Å². The number of thioether (sulfide) groups is 1. The van der Waals surface area contributed by atoms with Gasteiger partial charge in [-0.2, -0.15) is 0 Å². The van der Waals surface area contributed by atoms with E-state index in [1.54, 1.807) is 11.4 Å². The number of benzene rings is 2. The summed E-state index contributed by atoms with van der Waals surface area (Å²) >= 11 is 2.52. The Balaban J connectivity index is 1.57. The van der Waals surface area contributed by atoms with Gasteiger partial charge in [0.15, 0.2) is 11.0 Å². The summed E-state index contributed by atoms with van der Waals surface area (Å²) in [5.74, 6) is -0.0288. The normalized spacial score (nSPS) is 10.7. The highest BCUT2D eigenvalue weighted by Gasteiger charge is 2.18. The van der Waals surface area contributed by atoms with Crippen LogP contribution in [0.2, 0.25) is 0 Å². The largest absolute Gasteiger partial charge is 0.366 e. The lowest BCUT2D eigenvalue weighted by atomic mass is 10.2. The number of rotatable bonds is 7. The highest BCUT2D eigenvalue weighted by molar-refractivity contribution is 7.99. The van der Waals surface area contributed by atoms with Crippen molar-refractivity contribution in [3.8, 4) is 17.1 Å². The minimum atomic E-state index is -0.574. The molecule has 150 valence electrons. The number of carbonyl (C=O) groups is 2. The van der Waals surface area contributed by atoms with Crippen molar-refractivity contribution in [1.29, 1.82) is 0 Å². The maximum Gasteiger partial charge on any atom is 0.251 e. The summed E-state index contributed by atoms with van der Waals surface area (Å²) in [5.41, 5.74) is 7.46. The molecule has 30 heavy (non-hydrogen) atoms. The van der Waals surface area contributed by atoms with Crippen LogP contribution in [-0.2, 0) is 4.79 Å². The van der Waals surface area contributed by atoms with Crippen LogP contribution in [0.3, 0.4) is 0 Å². The second-order valence-corrected chi connectivity index (χ2v) is 8.07. The zero-order valence-electron chi connectivity index (χ0n) is 15.7. The molecule has 0 bridgehead atoms. The molecule has 4 aromatic rings. The molecule has 7 nitrogen and oxygen atoms in total. The Morgan fingerprint density at radius 1 is 1.00 bits per heavy atom. The van der Waals surface area contributed by atoms with Crippen molar-refractivity contribution in [2.24, 2.45) is 5.73 Å². The number of primary amides is 1. The summed E-state index contributed by atoms with van der Waals surface area (Å²) in [5, 5.41) is 14.2. The summed E-state index contributed by atoms with van der Waals surface area (Å²) in [6, 6.07) is 21.1. The fraction of sp³-hybridized carbons (Fsp3) is 0.0476. The third kappa shape index (κ3) is 4.27. The van der Waals surface area contributed by atoms with Crippen molar-refractivity contribution in [3.63, 3.8) is 0 Å². The van der Waals surface area contributed by atoms with E-state index in [1.807, 2.05) is 65.2 Å². The van der Waals surface area contributed by atoms with Gasteiger partial charge in [-0.1, -0.05) is 60.3 Å². The Hall–Kier alpha value is -3.43. The topological polar surface area (TPSA) is 103 Å². The van der Waals surface area contributed by atoms with Gasteiger partial charge in [-0.25, -0.2) is 0 Å². The number of nitrogens with zero attached hydrogens (tertiary/aromatic N) is 3. The summed E-state index contributed by atoms with van der Waals surface area (Å²) in [6.45, 7) is 0. The first-order chi connectivity index (χ1) is 14.6. The maximum absolute atomic E-state index is 12.4. The third-order valence-corrected chi connectivity index (χ3v) is 5.95. The van der Waals surface area contributed by atoms with Crippen LogP contribution in [0.25, 0.3) is 17.1 Å². The SMILES string of the molecule is NC(=O)c1ccsc1NC(=O)CSc1nnc(-c2ccccc2)n1-c1ccccc1. The van der Waals surface area contributed by atoms with E-state index in [4.69, 9.17) is 5.73 Å². The van der Waals surface area contributed by atoms with E-state index in [2.05, 4.69) is 15.5 Å². The lowest BCUT2D eigenvalue weighted by Gasteiger charge is -2.10. The molecule has 2 aromatic carbocycles. The second-order valence-electron chi connectivity index (χ2n) is 6.21. The smallest absolute Gasteiger partial charge is 0.251 e. The molecule has 0 aliphatic rings. The zero-order valence-corrected chi connectivity index (χ0v) is 17.3. The molecule has 9 heteroatoms. The fourth-order valence-corrected chi connectivity index (χ4v) is 4.40. The molecule has 0 saturated heterocycles. The van der Waals surface area contributed by atoms with E-state index < -0.39 is 5.91 Å². The summed E-state index contributed by atoms with van der Waals surface area (Å²) in [4.78, 5) is 23.9. The number of hydrogen-bond donors (Lipinski definition) is 2. The Labute approximate surface area is 181 Å². The van der Waals surface area contributed by atoms with Gasteiger partial charge in [0.05, 0.1) is 11.3 Å². The van der Waals surface area contributed by atoms with Crippen molar-refractivity contribution in [2.45, 2.75) is 5.16 Å². The number of thiophene rings is 1. The van der Waals surface area contributed by atoms with Crippen molar-refractivity contribution in [1.82, 2.24) is 14.8 Å². The highest BCUT2D eigenvalue weighted by atomic mass is 32.2. The average Bonchev–Trinajstić information content (AvgIpc) is 3.40. The highest BCUT2D eigenvalue weighted by Crippen LogP contribution is 2.28. The number of amides is 2. The van der Waals surface area contributed by atoms with Gasteiger partial charge in [-0.05, 0) is 23.6 Å². The van der Waals surface area contributed by atoms with E-state index in [0.29, 0.717) is 21.5 Å². The van der Waals surface area contributed by atoms with Crippen LogP contribution < -0.4 is 11.1 Å². The van der Waals surface area contributed by atoms with Crippen molar-refractivity contribution in [2.75, 3.05) is 11.1 Å². The average molecular weight is 436 g/mol. The van der Waals surface area contributed by atoms with Gasteiger partial charge in [0.1, 0.15) is 5.00 Å². The predicted octanol–water partition coefficient (Wildman–Crippen LogP) is 3.83. The number of para-hydroxylation sites is 1. The van der Waals surface area contributed by atoms with Crippen LogP contribution in [0.1, 0.15) is 10.4 Å². The molecule has 2 amide bonds. The van der Waals surface area contributed by atoms with Crippen LogP contribution in [0.5, 0.6) is 0 Å². The van der Waals surface area contributed by atoms with Gasteiger partial charge < -0.3 is 11.1 Å². The predicted molar refractivity (Wildman–Crippen MR) is 119 cm³/mol. The molecule has 2 aromatic heterocycles. The van der Waals surface area contributed by atoms with Gasteiger partial charge in [0.25, 0.3) is 5.91 Å². The van der Waals surface area contributed by atoms with E-state index >= 15 is 0 Å². The molecule has 0 radical (unpaired) electrons. The van der Waals surface area contributed by atoms with Crippen LogP contribution >= 0.6 is 23.1 Å². The van der Waals surface area contributed by atoms with Gasteiger partial charge >= 0.3 is 0 Å². The second kappa shape index (κ2) is 8.93. The standard InChI is InChI=1S/C21H17N5O2S2/c22-18(28)16-11-12-29-20(16)23-17(27)13-30-21-25-24-19(14-7-3-1-4-8-14)26(21)15-9-5-2-6-10-15/h1-12H,13H2,(H2,22,28)(H,23,27). The Morgan fingerprint density at radius 3 is 2.40 bits per heavy atom. The van der Waals surface area contributed by atoms with E-state index in [9.17, 15) is 9.59 Å². The Morgan fingerprint density at radius 2 is 1.70 bits per heavy atom. The molecular formula is C21H17N5O2S2. The quantitative estimate of drug-likeness (QED) is 0.430. The molecule has 2 heterocycles. The third-order valence-electron chi connectivity index (χ3n) is 4.20. The molecule has 3 N–H and O–H groups in total. The lowest BCUT2D eigenvalue weighted by Crippen LogP contribution is -2.18. The van der Waals surface area contributed by atoms with Gasteiger partial charge in [-0.3, -0.25) is 14.2 Å². The Kier molecular flexibility index (Phi) is 5.92. The molecule has 4 rings (SSSR count).